The fourth-order valence-corrected chi connectivity index (χ4v) is 5.13. The van der Waals surface area contributed by atoms with Gasteiger partial charge >= 0.3 is 0 Å². The number of carbonyl (C=O) groups is 1. The molecule has 0 saturated carbocycles. The van der Waals surface area contributed by atoms with Crippen molar-refractivity contribution < 1.29 is 14.1 Å². The summed E-state index contributed by atoms with van der Waals surface area (Å²) in [6, 6.07) is 9.59. The van der Waals surface area contributed by atoms with E-state index in [4.69, 9.17) is 20.9 Å². The van der Waals surface area contributed by atoms with Crippen LogP contribution in [0, 0.1) is 5.92 Å². The molecule has 3 aromatic rings. The van der Waals surface area contributed by atoms with E-state index >= 15 is 0 Å². The summed E-state index contributed by atoms with van der Waals surface area (Å²) >= 11 is 7.71. The molecule has 1 amide bonds. The molecule has 2 aromatic heterocycles. The number of halogens is 1. The second kappa shape index (κ2) is 9.60. The molecule has 0 N–H and O–H groups in total. The predicted octanol–water partition coefficient (Wildman–Crippen LogP) is 3.78. The van der Waals surface area contributed by atoms with Crippen LogP contribution in [0.1, 0.15) is 17.9 Å². The Bertz CT molecular complexity index is 1060. The molecule has 1 unspecified atom stereocenters. The molecule has 1 fully saturated rings. The number of amides is 1. The highest BCUT2D eigenvalue weighted by molar-refractivity contribution is 7.13. The minimum Gasteiger partial charge on any atom is -0.492 e. The maximum Gasteiger partial charge on any atom is 0.229 e. The van der Waals surface area contributed by atoms with Crippen LogP contribution >= 0.6 is 22.9 Å². The highest BCUT2D eigenvalue weighted by Gasteiger charge is 2.31. The van der Waals surface area contributed by atoms with Gasteiger partial charge in [0.05, 0.1) is 10.8 Å². The summed E-state index contributed by atoms with van der Waals surface area (Å²) in [5, 5.41) is 6.75. The van der Waals surface area contributed by atoms with Gasteiger partial charge in [-0.2, -0.15) is 4.98 Å². The highest BCUT2D eigenvalue weighted by Crippen LogP contribution is 2.30. The molecule has 1 saturated heterocycles. The minimum atomic E-state index is -0.136. The van der Waals surface area contributed by atoms with Crippen LogP contribution in [0.15, 0.2) is 40.2 Å². The summed E-state index contributed by atoms with van der Waals surface area (Å²) in [4.78, 5) is 22.9. The lowest BCUT2D eigenvalue weighted by atomic mass is 9.95. The number of piperazine rings is 1. The molecule has 1 atom stereocenters. The predicted molar refractivity (Wildman–Crippen MR) is 123 cm³/mol. The van der Waals surface area contributed by atoms with Crippen molar-refractivity contribution in [1.82, 2.24) is 19.9 Å². The zero-order valence-corrected chi connectivity index (χ0v) is 19.3. The Labute approximate surface area is 195 Å². The molecule has 0 aliphatic carbocycles. The lowest BCUT2D eigenvalue weighted by molar-refractivity contribution is -0.138. The van der Waals surface area contributed by atoms with Gasteiger partial charge < -0.3 is 14.2 Å². The Morgan fingerprint density at radius 3 is 2.91 bits per heavy atom. The van der Waals surface area contributed by atoms with Crippen molar-refractivity contribution in [1.29, 1.82) is 0 Å². The summed E-state index contributed by atoms with van der Waals surface area (Å²) in [7, 11) is 0. The van der Waals surface area contributed by atoms with Crippen LogP contribution in [0.5, 0.6) is 5.75 Å². The first kappa shape index (κ1) is 21.4. The average molecular weight is 473 g/mol. The van der Waals surface area contributed by atoms with Crippen LogP contribution in [0.4, 0.5) is 0 Å². The molecule has 0 spiro atoms. The molecule has 32 heavy (non-hydrogen) atoms. The number of hydrogen-bond donors (Lipinski definition) is 0. The number of carbonyl (C=O) groups excluding carboxylic acids is 1. The standard InChI is InChI=1S/C23H25ClN4O3S/c24-18-5-6-19-16(14-18)13-17(15-30-19)23(29)28-10-8-27(9-11-28)7-1-4-21-25-22(26-31-21)20-3-2-12-32-20/h2-3,5-6,12,14,17H,1,4,7-11,13,15H2. The lowest BCUT2D eigenvalue weighted by Gasteiger charge is -2.37. The zero-order chi connectivity index (χ0) is 21.9. The third-order valence-corrected chi connectivity index (χ3v) is 7.14. The monoisotopic (exact) mass is 472 g/mol. The number of hydrogen-bond acceptors (Lipinski definition) is 7. The number of ether oxygens (including phenoxy) is 1. The van der Waals surface area contributed by atoms with Crippen LogP contribution in [0.2, 0.25) is 5.02 Å². The summed E-state index contributed by atoms with van der Waals surface area (Å²) in [5.41, 5.74) is 1.02. The number of benzene rings is 1. The largest absolute Gasteiger partial charge is 0.492 e. The van der Waals surface area contributed by atoms with Gasteiger partial charge in [0.1, 0.15) is 12.4 Å². The lowest BCUT2D eigenvalue weighted by Crippen LogP contribution is -2.51. The van der Waals surface area contributed by atoms with E-state index in [9.17, 15) is 4.79 Å². The first-order valence-corrected chi connectivity index (χ1v) is 12.2. The van der Waals surface area contributed by atoms with E-state index in [1.165, 1.54) is 0 Å². The van der Waals surface area contributed by atoms with Crippen LogP contribution < -0.4 is 4.74 Å². The third kappa shape index (κ3) is 4.82. The summed E-state index contributed by atoms with van der Waals surface area (Å²) < 4.78 is 11.2. The SMILES string of the molecule is O=C(C1COc2ccc(Cl)cc2C1)N1CCN(CCCc2nc(-c3cccs3)no2)CC1. The van der Waals surface area contributed by atoms with Crippen LogP contribution in [0.3, 0.4) is 0 Å². The van der Waals surface area contributed by atoms with Gasteiger partial charge in [-0.25, -0.2) is 0 Å². The molecule has 168 valence electrons. The van der Waals surface area contributed by atoms with E-state index in [0.29, 0.717) is 29.8 Å². The maximum absolute atomic E-state index is 13.0. The molecular formula is C23H25ClN4O3S. The second-order valence-corrected chi connectivity index (χ2v) is 9.61. The Morgan fingerprint density at radius 2 is 2.09 bits per heavy atom. The maximum atomic E-state index is 13.0. The Balaban J connectivity index is 1.06. The molecule has 0 radical (unpaired) electrons. The quantitative estimate of drug-likeness (QED) is 0.543. The Hall–Kier alpha value is -2.42. The van der Waals surface area contributed by atoms with Crippen molar-refractivity contribution in [3.8, 4) is 16.5 Å². The molecule has 1 aromatic carbocycles. The molecule has 9 heteroatoms. The van der Waals surface area contributed by atoms with Crippen molar-refractivity contribution in [2.45, 2.75) is 19.3 Å². The molecule has 7 nitrogen and oxygen atoms in total. The molecular weight excluding hydrogens is 448 g/mol. The van der Waals surface area contributed by atoms with Gasteiger partial charge in [-0.1, -0.05) is 22.8 Å². The summed E-state index contributed by atoms with van der Waals surface area (Å²) in [6.45, 7) is 4.65. The van der Waals surface area contributed by atoms with E-state index in [2.05, 4.69) is 15.0 Å². The van der Waals surface area contributed by atoms with Crippen LogP contribution in [0.25, 0.3) is 10.7 Å². The fraction of sp³-hybridized carbons (Fsp3) is 0.435. The van der Waals surface area contributed by atoms with E-state index in [1.807, 2.05) is 40.6 Å². The molecule has 2 aliphatic rings. The van der Waals surface area contributed by atoms with Crippen LogP contribution in [-0.4, -0.2) is 65.2 Å². The number of rotatable bonds is 6. The topological polar surface area (TPSA) is 71.7 Å². The van der Waals surface area contributed by atoms with Gasteiger partial charge in [0.15, 0.2) is 0 Å². The van der Waals surface area contributed by atoms with Gasteiger partial charge in [0.25, 0.3) is 0 Å². The second-order valence-electron chi connectivity index (χ2n) is 8.22. The molecule has 4 heterocycles. The number of aromatic nitrogens is 2. The van der Waals surface area contributed by atoms with Gasteiger partial charge in [-0.15, -0.1) is 11.3 Å². The van der Waals surface area contributed by atoms with Crippen molar-refractivity contribution in [3.05, 3.63) is 52.2 Å². The number of nitrogens with zero attached hydrogens (tertiary/aromatic N) is 4. The fourth-order valence-electron chi connectivity index (χ4n) is 4.29. The Kier molecular flexibility index (Phi) is 6.43. The molecule has 2 aliphatic heterocycles. The van der Waals surface area contributed by atoms with Gasteiger partial charge in [-0.05, 0) is 54.6 Å². The van der Waals surface area contributed by atoms with Crippen molar-refractivity contribution in [2.75, 3.05) is 39.3 Å². The highest BCUT2D eigenvalue weighted by atomic mass is 35.5. The molecule has 0 bridgehead atoms. The molecule has 5 rings (SSSR count). The normalized spacial score (nSPS) is 18.9. The third-order valence-electron chi connectivity index (χ3n) is 6.04. The zero-order valence-electron chi connectivity index (χ0n) is 17.7. The first-order valence-electron chi connectivity index (χ1n) is 10.9. The number of thiophene rings is 1. The van der Waals surface area contributed by atoms with Gasteiger partial charge in [0.2, 0.25) is 17.6 Å². The van der Waals surface area contributed by atoms with Crippen LogP contribution in [-0.2, 0) is 17.6 Å². The number of fused-ring (bicyclic) bond motifs is 1. The van der Waals surface area contributed by atoms with Crippen molar-refractivity contribution in [3.63, 3.8) is 0 Å². The van der Waals surface area contributed by atoms with E-state index < -0.39 is 0 Å². The van der Waals surface area contributed by atoms with E-state index in [1.54, 1.807) is 11.3 Å². The summed E-state index contributed by atoms with van der Waals surface area (Å²) in [6.07, 6.45) is 2.40. The van der Waals surface area contributed by atoms with Crippen molar-refractivity contribution >= 4 is 28.8 Å². The van der Waals surface area contributed by atoms with E-state index in [0.717, 1.165) is 61.8 Å². The van der Waals surface area contributed by atoms with Gasteiger partial charge in [-0.3, -0.25) is 9.69 Å². The minimum absolute atomic E-state index is 0.136. The van der Waals surface area contributed by atoms with E-state index in [-0.39, 0.29) is 11.8 Å². The Morgan fingerprint density at radius 1 is 1.22 bits per heavy atom. The smallest absolute Gasteiger partial charge is 0.229 e. The van der Waals surface area contributed by atoms with Gasteiger partial charge in [0, 0.05) is 37.6 Å². The first-order chi connectivity index (χ1) is 15.7. The summed E-state index contributed by atoms with van der Waals surface area (Å²) in [5.74, 6) is 2.23. The number of aryl methyl sites for hydroxylation is 1. The average Bonchev–Trinajstić information content (AvgIpc) is 3.51. The van der Waals surface area contributed by atoms with Crippen molar-refractivity contribution in [2.24, 2.45) is 5.92 Å².